The maximum atomic E-state index is 12.3. The second-order valence-electron chi connectivity index (χ2n) is 4.91. The first-order chi connectivity index (χ1) is 7.12. The van der Waals surface area contributed by atoms with Crippen LogP contribution >= 0.6 is 0 Å². The average molecular weight is 232 g/mol. The molecule has 1 aromatic rings. The Hall–Kier alpha value is -1.13. The highest BCUT2D eigenvalue weighted by atomic mass is 19.4. The number of nitrogens with zero attached hydrogens (tertiary/aromatic N) is 2. The highest BCUT2D eigenvalue weighted by Crippen LogP contribution is 2.34. The quantitative estimate of drug-likeness (QED) is 0.738. The third-order valence-electron chi connectivity index (χ3n) is 2.70. The van der Waals surface area contributed by atoms with E-state index in [4.69, 9.17) is 0 Å². The molecule has 0 amide bonds. The smallest absolute Gasteiger partial charge is 0.257 e. The molecule has 0 aliphatic heterocycles. The maximum absolute atomic E-state index is 12.3. The van der Waals surface area contributed by atoms with Crippen molar-refractivity contribution in [2.75, 3.05) is 0 Å². The van der Waals surface area contributed by atoms with Crippen molar-refractivity contribution in [1.82, 2.24) is 9.97 Å². The second-order valence-corrected chi connectivity index (χ2v) is 4.91. The highest BCUT2D eigenvalue weighted by Gasteiger charge is 2.33. The van der Waals surface area contributed by atoms with Crippen LogP contribution in [0.5, 0.6) is 0 Å². The molecule has 0 fully saturated rings. The fraction of sp³-hybridized carbons (Fsp3) is 0.636. The van der Waals surface area contributed by atoms with Gasteiger partial charge in [0, 0.05) is 12.1 Å². The fourth-order valence-corrected chi connectivity index (χ4v) is 1.15. The van der Waals surface area contributed by atoms with Crippen LogP contribution in [0.15, 0.2) is 12.4 Å². The van der Waals surface area contributed by atoms with Gasteiger partial charge in [0.15, 0.2) is 5.69 Å². The van der Waals surface area contributed by atoms with E-state index >= 15 is 0 Å². The standard InChI is InChI=1S/C11H15F3N2/c1-7(10(2,3)4)8-5-16-9(6-15-8)11(12,13)14/h5-7H,1-4H3/t7-/m1/s1. The minimum Gasteiger partial charge on any atom is -0.257 e. The zero-order valence-corrected chi connectivity index (χ0v) is 9.76. The third-order valence-corrected chi connectivity index (χ3v) is 2.70. The molecule has 0 saturated heterocycles. The van der Waals surface area contributed by atoms with Crippen molar-refractivity contribution in [2.45, 2.75) is 39.8 Å². The summed E-state index contributed by atoms with van der Waals surface area (Å²) in [5, 5.41) is 0. The molecule has 2 nitrogen and oxygen atoms in total. The summed E-state index contributed by atoms with van der Waals surface area (Å²) in [7, 11) is 0. The van der Waals surface area contributed by atoms with Crippen LogP contribution in [-0.4, -0.2) is 9.97 Å². The van der Waals surface area contributed by atoms with Gasteiger partial charge in [0.25, 0.3) is 0 Å². The van der Waals surface area contributed by atoms with Crippen molar-refractivity contribution < 1.29 is 13.2 Å². The zero-order valence-electron chi connectivity index (χ0n) is 9.76. The van der Waals surface area contributed by atoms with Crippen molar-refractivity contribution in [2.24, 2.45) is 5.41 Å². The van der Waals surface area contributed by atoms with Gasteiger partial charge in [-0.25, -0.2) is 4.98 Å². The Morgan fingerprint density at radius 1 is 1.06 bits per heavy atom. The van der Waals surface area contributed by atoms with Crippen LogP contribution in [0.3, 0.4) is 0 Å². The molecule has 0 unspecified atom stereocenters. The van der Waals surface area contributed by atoms with Crippen LogP contribution in [0.4, 0.5) is 13.2 Å². The van der Waals surface area contributed by atoms with Gasteiger partial charge in [-0.1, -0.05) is 27.7 Å². The van der Waals surface area contributed by atoms with E-state index in [0.29, 0.717) is 5.69 Å². The van der Waals surface area contributed by atoms with E-state index in [1.54, 1.807) is 0 Å². The Kier molecular flexibility index (Phi) is 3.26. The SMILES string of the molecule is C[C@H](c1cnc(C(F)(F)F)cn1)C(C)(C)C. The topological polar surface area (TPSA) is 25.8 Å². The first-order valence-corrected chi connectivity index (χ1v) is 5.01. The summed E-state index contributed by atoms with van der Waals surface area (Å²) < 4.78 is 36.8. The van der Waals surface area contributed by atoms with Gasteiger partial charge in [-0.2, -0.15) is 13.2 Å². The number of aromatic nitrogens is 2. The first kappa shape index (κ1) is 12.9. The van der Waals surface area contributed by atoms with E-state index in [0.717, 1.165) is 6.20 Å². The Labute approximate surface area is 92.9 Å². The molecular weight excluding hydrogens is 217 g/mol. The monoisotopic (exact) mass is 232 g/mol. The zero-order chi connectivity index (χ0) is 12.6. The fourth-order valence-electron chi connectivity index (χ4n) is 1.15. The molecule has 1 heterocycles. The number of halogens is 3. The Morgan fingerprint density at radius 2 is 1.62 bits per heavy atom. The molecule has 1 rings (SSSR count). The predicted octanol–water partition coefficient (Wildman–Crippen LogP) is 3.65. The summed E-state index contributed by atoms with van der Waals surface area (Å²) in [5.74, 6) is 0.0577. The normalized spacial score (nSPS) is 14.9. The number of hydrogen-bond donors (Lipinski definition) is 0. The number of hydrogen-bond acceptors (Lipinski definition) is 2. The van der Waals surface area contributed by atoms with Gasteiger partial charge in [0.1, 0.15) is 0 Å². The van der Waals surface area contributed by atoms with E-state index in [1.807, 2.05) is 27.7 Å². The van der Waals surface area contributed by atoms with Gasteiger partial charge in [-0.15, -0.1) is 0 Å². The lowest BCUT2D eigenvalue weighted by molar-refractivity contribution is -0.141. The molecule has 1 atom stereocenters. The molecule has 0 saturated carbocycles. The van der Waals surface area contributed by atoms with Crippen LogP contribution in [-0.2, 0) is 6.18 Å². The largest absolute Gasteiger partial charge is 0.434 e. The van der Waals surface area contributed by atoms with Gasteiger partial charge in [-0.3, -0.25) is 4.98 Å². The van der Waals surface area contributed by atoms with Gasteiger partial charge < -0.3 is 0 Å². The van der Waals surface area contributed by atoms with Crippen molar-refractivity contribution >= 4 is 0 Å². The second kappa shape index (κ2) is 4.03. The summed E-state index contributed by atoms with van der Waals surface area (Å²) in [5.41, 5.74) is -0.410. The van der Waals surface area contributed by atoms with Gasteiger partial charge in [0.2, 0.25) is 0 Å². The first-order valence-electron chi connectivity index (χ1n) is 5.01. The molecule has 5 heteroatoms. The summed E-state index contributed by atoms with van der Waals surface area (Å²) in [6, 6.07) is 0. The van der Waals surface area contributed by atoms with Crippen LogP contribution < -0.4 is 0 Å². The molecule has 16 heavy (non-hydrogen) atoms. The minimum absolute atomic E-state index is 0.0472. The van der Waals surface area contributed by atoms with E-state index in [1.165, 1.54) is 6.20 Å². The van der Waals surface area contributed by atoms with Crippen molar-refractivity contribution in [3.8, 4) is 0 Å². The minimum atomic E-state index is -4.42. The molecule has 0 aliphatic carbocycles. The molecule has 0 aromatic carbocycles. The van der Waals surface area contributed by atoms with Gasteiger partial charge in [-0.05, 0) is 5.41 Å². The lowest BCUT2D eigenvalue weighted by Crippen LogP contribution is -2.18. The van der Waals surface area contributed by atoms with E-state index in [-0.39, 0.29) is 11.3 Å². The third kappa shape index (κ3) is 2.93. The number of alkyl halides is 3. The molecule has 90 valence electrons. The van der Waals surface area contributed by atoms with Crippen LogP contribution in [0.25, 0.3) is 0 Å². The molecule has 0 radical (unpaired) electrons. The molecule has 0 N–H and O–H groups in total. The van der Waals surface area contributed by atoms with Gasteiger partial charge >= 0.3 is 6.18 Å². The van der Waals surface area contributed by atoms with E-state index < -0.39 is 11.9 Å². The maximum Gasteiger partial charge on any atom is 0.434 e. The van der Waals surface area contributed by atoms with Crippen molar-refractivity contribution in [1.29, 1.82) is 0 Å². The lowest BCUT2D eigenvalue weighted by Gasteiger charge is -2.26. The van der Waals surface area contributed by atoms with E-state index in [2.05, 4.69) is 9.97 Å². The van der Waals surface area contributed by atoms with Gasteiger partial charge in [0.05, 0.1) is 11.9 Å². The Morgan fingerprint density at radius 3 is 1.94 bits per heavy atom. The predicted molar refractivity (Wildman–Crippen MR) is 54.9 cm³/mol. The summed E-state index contributed by atoms with van der Waals surface area (Å²) in [6.45, 7) is 7.96. The molecule has 0 aliphatic rings. The molecule has 0 bridgehead atoms. The van der Waals surface area contributed by atoms with Crippen LogP contribution in [0.2, 0.25) is 0 Å². The summed E-state index contributed by atoms with van der Waals surface area (Å²) in [6.07, 6.45) is -2.42. The highest BCUT2D eigenvalue weighted by molar-refractivity contribution is 5.10. The molecule has 0 spiro atoms. The van der Waals surface area contributed by atoms with Crippen LogP contribution in [0.1, 0.15) is 45.0 Å². The summed E-state index contributed by atoms with van der Waals surface area (Å²) in [4.78, 5) is 7.23. The van der Waals surface area contributed by atoms with Crippen molar-refractivity contribution in [3.05, 3.63) is 23.8 Å². The number of rotatable bonds is 1. The molecular formula is C11H15F3N2. The molecule has 1 aromatic heterocycles. The Bertz CT molecular complexity index is 349. The van der Waals surface area contributed by atoms with Crippen molar-refractivity contribution in [3.63, 3.8) is 0 Å². The average Bonchev–Trinajstić information content (AvgIpc) is 2.14. The Balaban J connectivity index is 2.96. The lowest BCUT2D eigenvalue weighted by atomic mass is 9.80. The summed E-state index contributed by atoms with van der Waals surface area (Å²) >= 11 is 0. The van der Waals surface area contributed by atoms with E-state index in [9.17, 15) is 13.2 Å². The van der Waals surface area contributed by atoms with Crippen LogP contribution in [0, 0.1) is 5.41 Å².